The summed E-state index contributed by atoms with van der Waals surface area (Å²) in [6.07, 6.45) is 5.85. The quantitative estimate of drug-likeness (QED) is 0.289. The monoisotopic (exact) mass is 498 g/mol. The van der Waals surface area contributed by atoms with Crippen LogP contribution in [-0.2, 0) is 18.7 Å². The molecule has 1 unspecified atom stereocenters. The van der Waals surface area contributed by atoms with Crippen molar-refractivity contribution in [3.05, 3.63) is 23.8 Å². The summed E-state index contributed by atoms with van der Waals surface area (Å²) >= 11 is 0. The molecule has 4 aliphatic rings. The molecular weight excluding hydrogens is 469 g/mol. The van der Waals surface area contributed by atoms with Crippen molar-refractivity contribution in [3.63, 3.8) is 0 Å². The van der Waals surface area contributed by atoms with Gasteiger partial charge in [-0.15, -0.1) is 0 Å². The fourth-order valence-corrected chi connectivity index (χ4v) is 7.74. The minimum absolute atomic E-state index is 0. The van der Waals surface area contributed by atoms with E-state index in [2.05, 4.69) is 11.4 Å². The Morgan fingerprint density at radius 1 is 1.30 bits per heavy atom. The molecule has 172 valence electrons. The SMILES string of the molecule is CC1C[C@@H]2[C@H]([C@@H](O)C[C@@]3(C)[C@H]2CC[C@]3(O)C(=O)COP(=O)([O-])[O-])[C@@]2(C)C=CC(=O)C=C12.[Na+].[Na+]. The normalized spacial score (nSPS) is 43.9. The van der Waals surface area contributed by atoms with Crippen LogP contribution in [0.4, 0.5) is 0 Å². The topological polar surface area (TPSA) is 147 Å². The standard InChI is InChI=1S/C22H31O8P.2Na/c1-12-8-14-15-5-7-22(26,18(25)11-30-31(27,28)29)21(15,3)10-17(24)19(14)20(2)6-4-13(23)9-16(12)20;;/h4,6,9,12,14-15,17,19,24,26H,5,7-8,10-11H2,1-3H3,(H2,27,28,29);;/q;2*+1/p-2/t12?,14-,15-,17-,19+,20-,21-,22-;;/m0../s1. The van der Waals surface area contributed by atoms with Gasteiger partial charge in [-0.3, -0.25) is 9.59 Å². The third-order valence-electron chi connectivity index (χ3n) is 8.78. The molecule has 0 spiro atoms. The van der Waals surface area contributed by atoms with Crippen molar-refractivity contribution >= 4 is 19.4 Å². The number of phosphoric ester groups is 1. The Morgan fingerprint density at radius 2 is 1.94 bits per heavy atom. The summed E-state index contributed by atoms with van der Waals surface area (Å²) in [4.78, 5) is 46.5. The predicted molar refractivity (Wildman–Crippen MR) is 106 cm³/mol. The van der Waals surface area contributed by atoms with Crippen LogP contribution in [0.25, 0.3) is 0 Å². The number of rotatable bonds is 4. The number of ketones is 2. The van der Waals surface area contributed by atoms with Gasteiger partial charge in [-0.2, -0.15) is 0 Å². The van der Waals surface area contributed by atoms with E-state index in [1.54, 1.807) is 19.1 Å². The van der Waals surface area contributed by atoms with E-state index in [0.717, 1.165) is 12.0 Å². The average molecular weight is 498 g/mol. The molecule has 4 rings (SSSR count). The fraction of sp³-hybridized carbons (Fsp3) is 0.727. The minimum atomic E-state index is -5.35. The van der Waals surface area contributed by atoms with Crippen LogP contribution < -0.4 is 68.9 Å². The zero-order chi connectivity index (χ0) is 23.0. The van der Waals surface area contributed by atoms with Crippen molar-refractivity contribution in [3.8, 4) is 0 Å². The molecule has 2 N–H and O–H groups in total. The number of phosphoric acid groups is 1. The number of allylic oxidation sites excluding steroid dienone is 4. The van der Waals surface area contributed by atoms with Gasteiger partial charge < -0.3 is 29.1 Å². The Morgan fingerprint density at radius 3 is 2.55 bits per heavy atom. The summed E-state index contributed by atoms with van der Waals surface area (Å²) in [5, 5.41) is 22.7. The van der Waals surface area contributed by atoms with E-state index < -0.39 is 42.7 Å². The number of fused-ring (bicyclic) bond motifs is 5. The molecule has 8 atom stereocenters. The summed E-state index contributed by atoms with van der Waals surface area (Å²) in [5.41, 5.74) is -2.32. The minimum Gasteiger partial charge on any atom is -0.790 e. The van der Waals surface area contributed by atoms with Crippen LogP contribution in [0.3, 0.4) is 0 Å². The summed E-state index contributed by atoms with van der Waals surface area (Å²) in [6.45, 7) is 4.88. The first-order valence-electron chi connectivity index (χ1n) is 10.8. The molecule has 0 heterocycles. The first-order chi connectivity index (χ1) is 14.2. The van der Waals surface area contributed by atoms with Gasteiger partial charge in [-0.05, 0) is 55.6 Å². The van der Waals surface area contributed by atoms with Crippen LogP contribution in [-0.4, -0.2) is 40.1 Å². The molecule has 0 aromatic rings. The smallest absolute Gasteiger partial charge is 0.790 e. The van der Waals surface area contributed by atoms with Gasteiger partial charge in [0, 0.05) is 16.7 Å². The van der Waals surface area contributed by atoms with Crippen molar-refractivity contribution in [1.82, 2.24) is 0 Å². The van der Waals surface area contributed by atoms with E-state index >= 15 is 0 Å². The maximum atomic E-state index is 12.8. The van der Waals surface area contributed by atoms with E-state index in [1.165, 1.54) is 0 Å². The first-order valence-corrected chi connectivity index (χ1v) is 12.2. The molecule has 33 heavy (non-hydrogen) atoms. The molecule has 8 nitrogen and oxygen atoms in total. The van der Waals surface area contributed by atoms with Crippen molar-refractivity contribution in [2.24, 2.45) is 34.5 Å². The number of hydrogen-bond donors (Lipinski definition) is 2. The third-order valence-corrected chi connectivity index (χ3v) is 9.23. The van der Waals surface area contributed by atoms with Crippen molar-refractivity contribution in [2.45, 2.75) is 58.2 Å². The van der Waals surface area contributed by atoms with E-state index in [0.29, 0.717) is 6.42 Å². The maximum absolute atomic E-state index is 12.8. The molecular formula is C22H29Na2O8P. The van der Waals surface area contributed by atoms with Gasteiger partial charge in [0.1, 0.15) is 12.2 Å². The van der Waals surface area contributed by atoms with Gasteiger partial charge >= 0.3 is 59.1 Å². The Balaban J connectivity index is 0.00000193. The molecule has 0 aromatic heterocycles. The van der Waals surface area contributed by atoms with Crippen LogP contribution in [0.15, 0.2) is 23.8 Å². The van der Waals surface area contributed by atoms with E-state index in [1.807, 2.05) is 13.0 Å². The molecule has 4 aliphatic carbocycles. The second kappa shape index (κ2) is 9.96. The van der Waals surface area contributed by atoms with Gasteiger partial charge in [-0.1, -0.05) is 32.4 Å². The van der Waals surface area contributed by atoms with Gasteiger partial charge in [0.25, 0.3) is 0 Å². The van der Waals surface area contributed by atoms with E-state index in [4.69, 9.17) is 0 Å². The van der Waals surface area contributed by atoms with Crippen LogP contribution in [0.1, 0.15) is 46.5 Å². The zero-order valence-corrected chi connectivity index (χ0v) is 24.8. The van der Waals surface area contributed by atoms with Crippen molar-refractivity contribution in [2.75, 3.05) is 6.61 Å². The largest absolute Gasteiger partial charge is 1.00 e. The zero-order valence-electron chi connectivity index (χ0n) is 19.9. The van der Waals surface area contributed by atoms with Crippen molar-refractivity contribution < 1.29 is 97.8 Å². The van der Waals surface area contributed by atoms with Crippen LogP contribution >= 0.6 is 7.82 Å². The van der Waals surface area contributed by atoms with Gasteiger partial charge in [0.05, 0.1) is 13.9 Å². The van der Waals surface area contributed by atoms with Gasteiger partial charge in [0.2, 0.25) is 0 Å². The number of carbonyl (C=O) groups excluding carboxylic acids is 2. The van der Waals surface area contributed by atoms with Crippen LogP contribution in [0, 0.1) is 34.5 Å². The summed E-state index contributed by atoms with van der Waals surface area (Å²) in [6, 6.07) is 0. The second-order valence-corrected chi connectivity index (χ2v) is 11.4. The maximum Gasteiger partial charge on any atom is 1.00 e. The van der Waals surface area contributed by atoms with E-state index in [-0.39, 0.29) is 101 Å². The number of aliphatic hydroxyl groups excluding tert-OH is 1. The molecule has 0 bridgehead atoms. The van der Waals surface area contributed by atoms with Gasteiger partial charge in [-0.25, -0.2) is 0 Å². The molecule has 0 saturated heterocycles. The third kappa shape index (κ3) is 4.78. The Bertz CT molecular complexity index is 931. The number of hydrogen-bond acceptors (Lipinski definition) is 8. The predicted octanol–water partition coefficient (Wildman–Crippen LogP) is -5.34. The van der Waals surface area contributed by atoms with E-state index in [9.17, 15) is 34.2 Å². The molecule has 0 radical (unpaired) electrons. The Kier molecular flexibility index (Phi) is 9.08. The Hall–Kier alpha value is 0.850. The Labute approximate surface area is 238 Å². The summed E-state index contributed by atoms with van der Waals surface area (Å²) in [5.74, 6) is -1.01. The van der Waals surface area contributed by atoms with Gasteiger partial charge in [0.15, 0.2) is 11.6 Å². The van der Waals surface area contributed by atoms with Crippen LogP contribution in [0.2, 0.25) is 0 Å². The first kappa shape index (κ1) is 30.1. The number of aliphatic hydroxyl groups is 2. The number of Topliss-reactive ketones (excluding diaryl/α,β-unsaturated/α-hetero) is 1. The molecule has 0 aromatic carbocycles. The second-order valence-electron chi connectivity index (χ2n) is 10.3. The number of carbonyl (C=O) groups is 2. The summed E-state index contributed by atoms with van der Waals surface area (Å²) in [7, 11) is -5.35. The fourth-order valence-electron chi connectivity index (χ4n) is 7.47. The molecule has 3 fully saturated rings. The average Bonchev–Trinajstić information content (AvgIpc) is 2.92. The van der Waals surface area contributed by atoms with Crippen molar-refractivity contribution in [1.29, 1.82) is 0 Å². The molecule has 3 saturated carbocycles. The molecule has 0 amide bonds. The summed E-state index contributed by atoms with van der Waals surface area (Å²) < 4.78 is 15.0. The molecule has 0 aliphatic heterocycles. The molecule has 11 heteroatoms. The van der Waals surface area contributed by atoms with Crippen LogP contribution in [0.5, 0.6) is 0 Å².